The topological polar surface area (TPSA) is 119 Å². The van der Waals surface area contributed by atoms with Crippen LogP contribution in [0.5, 0.6) is 0 Å². The zero-order chi connectivity index (χ0) is 18.5. The van der Waals surface area contributed by atoms with Gasteiger partial charge >= 0.3 is 5.97 Å². The molecule has 0 aromatic rings. The molecule has 3 aliphatic heterocycles. The highest BCUT2D eigenvalue weighted by Crippen LogP contribution is 2.51. The van der Waals surface area contributed by atoms with Gasteiger partial charge in [0.2, 0.25) is 11.8 Å². The Morgan fingerprint density at radius 2 is 2.12 bits per heavy atom. The molecule has 0 aromatic carbocycles. The third-order valence-corrected chi connectivity index (χ3v) is 6.58. The Balaban J connectivity index is 1.77. The van der Waals surface area contributed by atoms with Crippen LogP contribution in [0.25, 0.3) is 0 Å². The molecule has 4 N–H and O–H groups in total. The zero-order valence-corrected chi connectivity index (χ0v) is 15.2. The average molecular weight is 369 g/mol. The van der Waals surface area contributed by atoms with Crippen LogP contribution < -0.4 is 10.6 Å². The van der Waals surface area contributed by atoms with E-state index in [1.54, 1.807) is 6.92 Å². The van der Waals surface area contributed by atoms with Crippen LogP contribution in [-0.2, 0) is 14.4 Å². The summed E-state index contributed by atoms with van der Waals surface area (Å²) >= 11 is 1.46. The molecule has 2 fully saturated rings. The molecule has 8 nitrogen and oxygen atoms in total. The minimum Gasteiger partial charge on any atom is -0.477 e. The van der Waals surface area contributed by atoms with Crippen molar-refractivity contribution in [1.82, 2.24) is 15.5 Å². The zero-order valence-electron chi connectivity index (χ0n) is 14.4. The molecule has 0 radical (unpaired) electrons. The molecule has 3 heterocycles. The van der Waals surface area contributed by atoms with E-state index in [0.29, 0.717) is 17.9 Å². The van der Waals surface area contributed by atoms with Crippen LogP contribution in [0.15, 0.2) is 10.6 Å². The Labute approximate surface area is 150 Å². The molecular formula is C16H23N3O5S. The van der Waals surface area contributed by atoms with Crippen molar-refractivity contribution in [3.63, 3.8) is 0 Å². The van der Waals surface area contributed by atoms with Crippen molar-refractivity contribution in [3.05, 3.63) is 10.6 Å². The van der Waals surface area contributed by atoms with Crippen LogP contribution in [0, 0.1) is 11.8 Å². The molecule has 6 atom stereocenters. The van der Waals surface area contributed by atoms with Crippen LogP contribution in [0.3, 0.4) is 0 Å². The van der Waals surface area contributed by atoms with Gasteiger partial charge in [0.25, 0.3) is 0 Å². The van der Waals surface area contributed by atoms with Gasteiger partial charge in [-0.25, -0.2) is 4.79 Å². The van der Waals surface area contributed by atoms with E-state index in [1.165, 1.54) is 23.6 Å². The third kappa shape index (κ3) is 3.04. The van der Waals surface area contributed by atoms with Crippen molar-refractivity contribution in [3.8, 4) is 0 Å². The summed E-state index contributed by atoms with van der Waals surface area (Å²) in [5.41, 5.74) is 0.0485. The fraction of sp³-hybridized carbons (Fsp3) is 0.688. The maximum absolute atomic E-state index is 12.3. The quantitative estimate of drug-likeness (QED) is 0.491. The van der Waals surface area contributed by atoms with E-state index in [4.69, 9.17) is 0 Å². The summed E-state index contributed by atoms with van der Waals surface area (Å²) in [6, 6.07) is -0.290. The lowest BCUT2D eigenvalue weighted by Gasteiger charge is -2.46. The van der Waals surface area contributed by atoms with E-state index >= 15 is 0 Å². The number of carbonyl (C=O) groups excluding carboxylic acids is 2. The molecule has 2 amide bonds. The molecule has 3 rings (SSSR count). The summed E-state index contributed by atoms with van der Waals surface area (Å²) in [5, 5.41) is 25.6. The Morgan fingerprint density at radius 1 is 1.44 bits per heavy atom. The molecule has 0 aliphatic carbocycles. The Bertz CT molecular complexity index is 650. The first-order valence-corrected chi connectivity index (χ1v) is 9.26. The first-order valence-electron chi connectivity index (χ1n) is 8.38. The second-order valence-corrected chi connectivity index (χ2v) is 8.25. The lowest BCUT2D eigenvalue weighted by molar-refractivity contribution is -0.163. The minimum atomic E-state index is -1.11. The molecule has 0 spiro atoms. The largest absolute Gasteiger partial charge is 0.477 e. The maximum atomic E-state index is 12.3. The van der Waals surface area contributed by atoms with Crippen molar-refractivity contribution < 1.29 is 24.6 Å². The molecule has 9 heteroatoms. The van der Waals surface area contributed by atoms with Crippen molar-refractivity contribution in [1.29, 1.82) is 0 Å². The lowest BCUT2D eigenvalue weighted by atomic mass is 9.79. The summed E-state index contributed by atoms with van der Waals surface area (Å²) in [6.07, 6.45) is -0.233. The number of thioether (sulfide) groups is 1. The molecular weight excluding hydrogens is 346 g/mol. The van der Waals surface area contributed by atoms with Crippen molar-refractivity contribution in [2.45, 2.75) is 50.8 Å². The summed E-state index contributed by atoms with van der Waals surface area (Å²) in [7, 11) is 0. The van der Waals surface area contributed by atoms with E-state index in [1.807, 2.05) is 6.92 Å². The number of rotatable bonds is 5. The van der Waals surface area contributed by atoms with E-state index in [-0.39, 0.29) is 40.9 Å². The summed E-state index contributed by atoms with van der Waals surface area (Å²) in [6.45, 7) is 5.58. The summed E-state index contributed by atoms with van der Waals surface area (Å²) in [5.74, 6) is -2.22. The number of hydrogen-bond donors (Lipinski definition) is 4. The monoisotopic (exact) mass is 369 g/mol. The van der Waals surface area contributed by atoms with Crippen molar-refractivity contribution in [2.24, 2.45) is 11.8 Å². The lowest BCUT2D eigenvalue weighted by Crippen LogP contribution is -2.63. The van der Waals surface area contributed by atoms with Gasteiger partial charge in [0.05, 0.1) is 24.2 Å². The second-order valence-electron chi connectivity index (χ2n) is 6.91. The molecule has 0 unspecified atom stereocenters. The van der Waals surface area contributed by atoms with Crippen LogP contribution in [0.1, 0.15) is 27.2 Å². The predicted molar refractivity (Wildman–Crippen MR) is 91.2 cm³/mol. The van der Waals surface area contributed by atoms with Crippen LogP contribution in [0.4, 0.5) is 0 Å². The van der Waals surface area contributed by atoms with E-state index in [0.717, 1.165) is 0 Å². The maximum Gasteiger partial charge on any atom is 0.353 e. The Hall–Kier alpha value is -1.58. The number of β-lactam (4-membered cyclic amide) rings is 1. The fourth-order valence-electron chi connectivity index (χ4n) is 4.01. The molecule has 0 bridgehead atoms. The van der Waals surface area contributed by atoms with Gasteiger partial charge in [0, 0.05) is 29.5 Å². The third-order valence-electron chi connectivity index (χ3n) is 5.07. The molecule has 3 aliphatic rings. The van der Waals surface area contributed by atoms with Crippen LogP contribution >= 0.6 is 11.8 Å². The first kappa shape index (κ1) is 18.2. The number of fused-ring (bicyclic) bond motifs is 1. The smallest absolute Gasteiger partial charge is 0.353 e. The van der Waals surface area contributed by atoms with Crippen molar-refractivity contribution in [2.75, 3.05) is 6.54 Å². The van der Waals surface area contributed by atoms with Gasteiger partial charge in [-0.05, 0) is 13.3 Å². The van der Waals surface area contributed by atoms with Gasteiger partial charge in [-0.3, -0.25) is 14.9 Å². The number of carbonyl (C=O) groups is 3. The number of aliphatic hydroxyl groups is 1. The highest BCUT2D eigenvalue weighted by atomic mass is 32.2. The predicted octanol–water partition coefficient (Wildman–Crippen LogP) is -0.303. The minimum absolute atomic E-state index is 0.0485. The number of amides is 2. The SMILES string of the molecule is CC(=O)N[C@H]1C[C@H](SC2=C(C(=O)O)N3C(=O)[C@H]([C@@H](C)O)[C@H]3[C@H]2C)CN1. The number of carboxylic acid groups (broad SMARTS) is 1. The molecule has 2 saturated heterocycles. The summed E-state index contributed by atoms with van der Waals surface area (Å²) < 4.78 is 0. The van der Waals surface area contributed by atoms with Gasteiger partial charge in [-0.2, -0.15) is 0 Å². The first-order chi connectivity index (χ1) is 11.7. The Kier molecular flexibility index (Phi) is 4.82. The van der Waals surface area contributed by atoms with Gasteiger partial charge < -0.3 is 20.4 Å². The van der Waals surface area contributed by atoms with Gasteiger partial charge in [0.1, 0.15) is 5.70 Å². The van der Waals surface area contributed by atoms with Crippen molar-refractivity contribution >= 4 is 29.5 Å². The number of aliphatic hydroxyl groups excluding tert-OH is 1. The molecule has 138 valence electrons. The van der Waals surface area contributed by atoms with Crippen LogP contribution in [-0.4, -0.2) is 63.0 Å². The Morgan fingerprint density at radius 3 is 2.68 bits per heavy atom. The molecule has 0 saturated carbocycles. The summed E-state index contributed by atoms with van der Waals surface area (Å²) in [4.78, 5) is 37.2. The highest BCUT2D eigenvalue weighted by molar-refractivity contribution is 8.03. The number of aliphatic carboxylic acids is 1. The van der Waals surface area contributed by atoms with Gasteiger partial charge in [-0.1, -0.05) is 6.92 Å². The number of hydrogen-bond acceptors (Lipinski definition) is 6. The fourth-order valence-corrected chi connectivity index (χ4v) is 5.49. The van der Waals surface area contributed by atoms with E-state index in [2.05, 4.69) is 10.6 Å². The number of nitrogens with one attached hydrogen (secondary N) is 2. The average Bonchev–Trinajstić information content (AvgIpc) is 3.01. The number of nitrogens with zero attached hydrogens (tertiary/aromatic N) is 1. The van der Waals surface area contributed by atoms with E-state index in [9.17, 15) is 24.6 Å². The highest BCUT2D eigenvalue weighted by Gasteiger charge is 2.60. The second kappa shape index (κ2) is 6.62. The van der Waals surface area contributed by atoms with Crippen LogP contribution in [0.2, 0.25) is 0 Å². The van der Waals surface area contributed by atoms with Gasteiger partial charge in [0.15, 0.2) is 0 Å². The number of carboxylic acids is 1. The standard InChI is InChI=1S/C16H23N3O5S/c1-6-12-11(7(2)20)15(22)19(12)13(16(23)24)14(6)25-9-4-10(17-5-9)18-8(3)21/h6-7,9-12,17,20H,4-5H2,1-3H3,(H,18,21)(H,23,24)/t6-,7-,9+,10+,11-,12-/m1/s1. The molecule has 25 heavy (non-hydrogen) atoms. The van der Waals surface area contributed by atoms with E-state index < -0.39 is 18.0 Å². The van der Waals surface area contributed by atoms with Gasteiger partial charge in [-0.15, -0.1) is 11.8 Å². The normalized spacial score (nSPS) is 35.4. The molecule has 0 aromatic heterocycles.